The molecule has 1 saturated heterocycles. The van der Waals surface area contributed by atoms with Crippen LogP contribution in [-0.2, 0) is 7.05 Å². The van der Waals surface area contributed by atoms with Crippen molar-refractivity contribution in [2.45, 2.75) is 18.9 Å². The highest BCUT2D eigenvalue weighted by Crippen LogP contribution is 2.23. The first-order chi connectivity index (χ1) is 10.1. The van der Waals surface area contributed by atoms with Crippen LogP contribution in [0.5, 0.6) is 0 Å². The zero-order chi connectivity index (χ0) is 15.0. The Kier molecular flexibility index (Phi) is 3.59. The van der Waals surface area contributed by atoms with Gasteiger partial charge in [-0.2, -0.15) is 5.10 Å². The summed E-state index contributed by atoms with van der Waals surface area (Å²) in [6, 6.07) is 1.77. The Morgan fingerprint density at radius 3 is 2.67 bits per heavy atom. The third-order valence-electron chi connectivity index (χ3n) is 3.91. The highest BCUT2D eigenvalue weighted by Gasteiger charge is 2.26. The molecular weight excluding hydrogens is 294 g/mol. The molecule has 0 bridgehead atoms. The molecule has 0 radical (unpaired) electrons. The standard InChI is InChI=1S/C13H16ClN5O2/c1-17-7-9(14)6-11(17)12(20)18-4-2-10(3-5-18)19-8-15-16-13(19)21/h6-8,10H,2-5H2,1H3,(H,16,21). The van der Waals surface area contributed by atoms with Gasteiger partial charge in [-0.25, -0.2) is 9.89 Å². The molecule has 0 atom stereocenters. The Labute approximate surface area is 126 Å². The van der Waals surface area contributed by atoms with Crippen molar-refractivity contribution in [3.63, 3.8) is 0 Å². The smallest absolute Gasteiger partial charge is 0.343 e. The third-order valence-corrected chi connectivity index (χ3v) is 4.12. The van der Waals surface area contributed by atoms with E-state index in [1.54, 1.807) is 33.3 Å². The van der Waals surface area contributed by atoms with E-state index in [2.05, 4.69) is 10.2 Å². The molecular formula is C13H16ClN5O2. The molecule has 0 unspecified atom stereocenters. The van der Waals surface area contributed by atoms with Gasteiger partial charge in [0, 0.05) is 32.4 Å². The number of aromatic amines is 1. The molecule has 0 spiro atoms. The van der Waals surface area contributed by atoms with Gasteiger partial charge in [0.15, 0.2) is 0 Å². The zero-order valence-corrected chi connectivity index (χ0v) is 12.4. The topological polar surface area (TPSA) is 75.9 Å². The molecule has 21 heavy (non-hydrogen) atoms. The lowest BCUT2D eigenvalue weighted by molar-refractivity contribution is 0.0684. The minimum Gasteiger partial charge on any atom is -0.345 e. The molecule has 0 saturated carbocycles. The lowest BCUT2D eigenvalue weighted by Gasteiger charge is -2.32. The third kappa shape index (κ3) is 2.61. The number of rotatable bonds is 2. The molecule has 112 valence electrons. The van der Waals surface area contributed by atoms with Gasteiger partial charge in [-0.3, -0.25) is 9.36 Å². The second kappa shape index (κ2) is 5.40. The summed E-state index contributed by atoms with van der Waals surface area (Å²) in [5.41, 5.74) is 0.382. The molecule has 7 nitrogen and oxygen atoms in total. The summed E-state index contributed by atoms with van der Waals surface area (Å²) in [6.45, 7) is 1.23. The van der Waals surface area contributed by atoms with Crippen molar-refractivity contribution in [2.24, 2.45) is 7.05 Å². The lowest BCUT2D eigenvalue weighted by atomic mass is 10.0. The van der Waals surface area contributed by atoms with E-state index in [4.69, 9.17) is 11.6 Å². The molecule has 1 amide bonds. The Morgan fingerprint density at radius 2 is 2.14 bits per heavy atom. The fraction of sp³-hybridized carbons (Fsp3) is 0.462. The van der Waals surface area contributed by atoms with Crippen LogP contribution in [0.3, 0.4) is 0 Å². The van der Waals surface area contributed by atoms with E-state index in [9.17, 15) is 9.59 Å². The first-order valence-electron chi connectivity index (χ1n) is 6.79. The number of aryl methyl sites for hydroxylation is 1. The minimum atomic E-state index is -0.200. The highest BCUT2D eigenvalue weighted by atomic mass is 35.5. The lowest BCUT2D eigenvalue weighted by Crippen LogP contribution is -2.40. The predicted octanol–water partition coefficient (Wildman–Crippen LogP) is 1.04. The summed E-state index contributed by atoms with van der Waals surface area (Å²) in [6.07, 6.45) is 4.71. The Morgan fingerprint density at radius 1 is 1.43 bits per heavy atom. The first kappa shape index (κ1) is 13.9. The molecule has 8 heteroatoms. The van der Waals surface area contributed by atoms with Crippen LogP contribution in [-0.4, -0.2) is 43.2 Å². The van der Waals surface area contributed by atoms with Gasteiger partial charge in [0.25, 0.3) is 5.91 Å². The number of piperidine rings is 1. The largest absolute Gasteiger partial charge is 0.345 e. The summed E-state index contributed by atoms with van der Waals surface area (Å²) >= 11 is 5.92. The number of hydrogen-bond donors (Lipinski definition) is 1. The van der Waals surface area contributed by atoms with Gasteiger partial charge in [0.1, 0.15) is 12.0 Å². The molecule has 3 rings (SSSR count). The molecule has 0 aromatic carbocycles. The van der Waals surface area contributed by atoms with Gasteiger partial charge in [-0.1, -0.05) is 11.6 Å². The number of hydrogen-bond acceptors (Lipinski definition) is 3. The van der Waals surface area contributed by atoms with Crippen molar-refractivity contribution < 1.29 is 4.79 Å². The normalized spacial score (nSPS) is 16.4. The maximum absolute atomic E-state index is 12.5. The quantitative estimate of drug-likeness (QED) is 0.900. The average Bonchev–Trinajstić information content (AvgIpc) is 3.04. The summed E-state index contributed by atoms with van der Waals surface area (Å²) in [7, 11) is 1.80. The maximum Gasteiger partial charge on any atom is 0.343 e. The van der Waals surface area contributed by atoms with Crippen molar-refractivity contribution in [2.75, 3.05) is 13.1 Å². The van der Waals surface area contributed by atoms with Gasteiger partial charge in [-0.15, -0.1) is 0 Å². The van der Waals surface area contributed by atoms with E-state index in [1.807, 2.05) is 0 Å². The van der Waals surface area contributed by atoms with Gasteiger partial charge >= 0.3 is 5.69 Å². The van der Waals surface area contributed by atoms with E-state index >= 15 is 0 Å². The van der Waals surface area contributed by atoms with Crippen molar-refractivity contribution in [3.8, 4) is 0 Å². The van der Waals surface area contributed by atoms with Crippen LogP contribution < -0.4 is 5.69 Å². The van der Waals surface area contributed by atoms with E-state index in [0.717, 1.165) is 12.8 Å². The second-order valence-electron chi connectivity index (χ2n) is 5.25. The number of halogens is 1. The van der Waals surface area contributed by atoms with Crippen LogP contribution in [0.15, 0.2) is 23.4 Å². The summed E-state index contributed by atoms with van der Waals surface area (Å²) in [4.78, 5) is 25.8. The van der Waals surface area contributed by atoms with Gasteiger partial charge < -0.3 is 9.47 Å². The fourth-order valence-electron chi connectivity index (χ4n) is 2.76. The zero-order valence-electron chi connectivity index (χ0n) is 11.6. The second-order valence-corrected chi connectivity index (χ2v) is 5.68. The summed E-state index contributed by atoms with van der Waals surface area (Å²) in [5.74, 6) is -0.0256. The van der Waals surface area contributed by atoms with E-state index in [1.165, 1.54) is 6.33 Å². The number of carbonyl (C=O) groups excluding carboxylic acids is 1. The van der Waals surface area contributed by atoms with Crippen molar-refractivity contribution in [3.05, 3.63) is 39.8 Å². The maximum atomic E-state index is 12.5. The number of amides is 1. The SMILES string of the molecule is Cn1cc(Cl)cc1C(=O)N1CCC(n2cn[nH]c2=O)CC1. The van der Waals surface area contributed by atoms with Gasteiger partial charge in [0.05, 0.1) is 5.02 Å². The van der Waals surface area contributed by atoms with Crippen molar-refractivity contribution >= 4 is 17.5 Å². The van der Waals surface area contributed by atoms with Crippen LogP contribution in [0.25, 0.3) is 0 Å². The minimum absolute atomic E-state index is 0.0256. The van der Waals surface area contributed by atoms with Crippen molar-refractivity contribution in [1.82, 2.24) is 24.2 Å². The Balaban J connectivity index is 1.68. The number of carbonyl (C=O) groups is 1. The highest BCUT2D eigenvalue weighted by molar-refractivity contribution is 6.31. The van der Waals surface area contributed by atoms with Crippen LogP contribution >= 0.6 is 11.6 Å². The molecule has 1 N–H and O–H groups in total. The summed E-state index contributed by atoms with van der Waals surface area (Å²) < 4.78 is 3.33. The number of likely N-dealkylation sites (tertiary alicyclic amines) is 1. The van der Waals surface area contributed by atoms with E-state index in [0.29, 0.717) is 23.8 Å². The van der Waals surface area contributed by atoms with E-state index < -0.39 is 0 Å². The Bertz CT molecular complexity index is 708. The molecule has 1 aliphatic heterocycles. The average molecular weight is 310 g/mol. The molecule has 1 aliphatic rings. The van der Waals surface area contributed by atoms with Crippen LogP contribution in [0.2, 0.25) is 5.02 Å². The Hall–Kier alpha value is -2.02. The van der Waals surface area contributed by atoms with Crippen LogP contribution in [0.1, 0.15) is 29.4 Å². The van der Waals surface area contributed by atoms with Gasteiger partial charge in [-0.05, 0) is 18.9 Å². The first-order valence-corrected chi connectivity index (χ1v) is 7.16. The van der Waals surface area contributed by atoms with Crippen LogP contribution in [0, 0.1) is 0 Å². The molecule has 2 aromatic rings. The molecule has 1 fully saturated rings. The van der Waals surface area contributed by atoms with Gasteiger partial charge in [0.2, 0.25) is 0 Å². The number of nitrogens with one attached hydrogen (secondary N) is 1. The number of nitrogens with zero attached hydrogens (tertiary/aromatic N) is 4. The van der Waals surface area contributed by atoms with E-state index in [-0.39, 0.29) is 17.6 Å². The molecule has 2 aromatic heterocycles. The predicted molar refractivity (Wildman–Crippen MR) is 77.4 cm³/mol. The molecule has 3 heterocycles. The van der Waals surface area contributed by atoms with Crippen LogP contribution in [0.4, 0.5) is 0 Å². The monoisotopic (exact) mass is 309 g/mol. The fourth-order valence-corrected chi connectivity index (χ4v) is 3.01. The number of aromatic nitrogens is 4. The number of H-pyrrole nitrogens is 1. The molecule has 0 aliphatic carbocycles. The summed E-state index contributed by atoms with van der Waals surface area (Å²) in [5, 5.41) is 6.69. The van der Waals surface area contributed by atoms with Crippen molar-refractivity contribution in [1.29, 1.82) is 0 Å².